The lowest BCUT2D eigenvalue weighted by Gasteiger charge is -2.14. The molecule has 1 aliphatic rings. The van der Waals surface area contributed by atoms with E-state index in [4.69, 9.17) is 0 Å². The zero-order chi connectivity index (χ0) is 12.3. The monoisotopic (exact) mass is 252 g/mol. The fourth-order valence-corrected chi connectivity index (χ4v) is 2.80. The molecule has 1 N–H and O–H groups in total. The van der Waals surface area contributed by atoms with Crippen molar-refractivity contribution in [1.29, 1.82) is 0 Å². The van der Waals surface area contributed by atoms with Crippen LogP contribution in [0.15, 0.2) is 29.3 Å². The molecule has 0 bridgehead atoms. The van der Waals surface area contributed by atoms with Crippen LogP contribution in [0.2, 0.25) is 0 Å². The van der Waals surface area contributed by atoms with E-state index in [2.05, 4.69) is 24.2 Å². The quantitative estimate of drug-likeness (QED) is 0.894. The molecule has 0 aromatic heterocycles. The molecule has 0 spiro atoms. The Labute approximate surface area is 106 Å². The standard InChI is InChI=1S/C13H17FN2S/c1-9(15-13-16-10(2)8-17-13)7-11-3-5-12(14)6-4-11/h3-6,9-10H,7-8H2,1-2H3,(H,15,16). The summed E-state index contributed by atoms with van der Waals surface area (Å²) in [6.45, 7) is 4.24. The molecule has 0 fully saturated rings. The number of hydrogen-bond donors (Lipinski definition) is 1. The largest absolute Gasteiger partial charge is 0.362 e. The van der Waals surface area contributed by atoms with Crippen LogP contribution in [0.4, 0.5) is 4.39 Å². The molecule has 1 aromatic carbocycles. The van der Waals surface area contributed by atoms with E-state index >= 15 is 0 Å². The van der Waals surface area contributed by atoms with Crippen molar-refractivity contribution in [2.75, 3.05) is 5.75 Å². The molecule has 1 aliphatic heterocycles. The minimum absolute atomic E-state index is 0.182. The van der Waals surface area contributed by atoms with Crippen LogP contribution in [-0.2, 0) is 6.42 Å². The van der Waals surface area contributed by atoms with Gasteiger partial charge in [0.15, 0.2) is 5.17 Å². The van der Waals surface area contributed by atoms with E-state index in [1.54, 1.807) is 11.8 Å². The van der Waals surface area contributed by atoms with Crippen molar-refractivity contribution >= 4 is 16.9 Å². The summed E-state index contributed by atoms with van der Waals surface area (Å²) in [4.78, 5) is 4.49. The number of amidine groups is 1. The zero-order valence-electron chi connectivity index (χ0n) is 10.1. The van der Waals surface area contributed by atoms with Crippen LogP contribution >= 0.6 is 11.8 Å². The highest BCUT2D eigenvalue weighted by molar-refractivity contribution is 8.14. The summed E-state index contributed by atoms with van der Waals surface area (Å²) < 4.78 is 12.8. The van der Waals surface area contributed by atoms with E-state index in [1.807, 2.05) is 12.1 Å². The van der Waals surface area contributed by atoms with Crippen molar-refractivity contribution in [2.45, 2.75) is 32.4 Å². The summed E-state index contributed by atoms with van der Waals surface area (Å²) in [7, 11) is 0. The average molecular weight is 252 g/mol. The number of nitrogens with one attached hydrogen (secondary N) is 1. The Morgan fingerprint density at radius 2 is 2.18 bits per heavy atom. The zero-order valence-corrected chi connectivity index (χ0v) is 10.9. The van der Waals surface area contributed by atoms with Crippen LogP contribution in [0.3, 0.4) is 0 Å². The van der Waals surface area contributed by atoms with Crippen LogP contribution in [0.5, 0.6) is 0 Å². The molecule has 2 unspecified atom stereocenters. The third-order valence-electron chi connectivity index (χ3n) is 2.62. The molecule has 17 heavy (non-hydrogen) atoms. The first-order valence-corrected chi connectivity index (χ1v) is 6.83. The van der Waals surface area contributed by atoms with Crippen LogP contribution in [-0.4, -0.2) is 23.0 Å². The molecule has 0 radical (unpaired) electrons. The van der Waals surface area contributed by atoms with Crippen LogP contribution in [0.1, 0.15) is 19.4 Å². The summed E-state index contributed by atoms with van der Waals surface area (Å²) >= 11 is 1.77. The Morgan fingerprint density at radius 3 is 2.76 bits per heavy atom. The van der Waals surface area contributed by atoms with E-state index in [0.717, 1.165) is 22.9 Å². The number of halogens is 1. The smallest absolute Gasteiger partial charge is 0.157 e. The summed E-state index contributed by atoms with van der Waals surface area (Å²) in [6.07, 6.45) is 0.883. The molecule has 0 saturated carbocycles. The van der Waals surface area contributed by atoms with Crippen molar-refractivity contribution in [1.82, 2.24) is 5.32 Å². The Hall–Kier alpha value is -1.03. The topological polar surface area (TPSA) is 24.4 Å². The second-order valence-electron chi connectivity index (χ2n) is 4.47. The number of benzene rings is 1. The predicted molar refractivity (Wildman–Crippen MR) is 72.1 cm³/mol. The molecule has 92 valence electrons. The molecule has 0 amide bonds. The number of thioether (sulfide) groups is 1. The predicted octanol–water partition coefficient (Wildman–Crippen LogP) is 2.84. The lowest BCUT2D eigenvalue weighted by molar-refractivity contribution is 0.623. The first kappa shape index (κ1) is 12.4. The highest BCUT2D eigenvalue weighted by Crippen LogP contribution is 2.16. The van der Waals surface area contributed by atoms with Gasteiger partial charge in [-0.1, -0.05) is 23.9 Å². The minimum Gasteiger partial charge on any atom is -0.362 e. The molecule has 0 aliphatic carbocycles. The molecule has 4 heteroatoms. The highest BCUT2D eigenvalue weighted by Gasteiger charge is 2.15. The Kier molecular flexibility index (Phi) is 4.05. The number of nitrogens with zero attached hydrogens (tertiary/aromatic N) is 1. The summed E-state index contributed by atoms with van der Waals surface area (Å²) in [6, 6.07) is 7.41. The van der Waals surface area contributed by atoms with Crippen LogP contribution in [0.25, 0.3) is 0 Å². The second kappa shape index (κ2) is 5.54. The Morgan fingerprint density at radius 1 is 1.47 bits per heavy atom. The van der Waals surface area contributed by atoms with Gasteiger partial charge in [0, 0.05) is 11.8 Å². The number of rotatable bonds is 3. The molecular weight excluding hydrogens is 235 g/mol. The number of aliphatic imine (C=N–C) groups is 1. The summed E-state index contributed by atoms with van der Waals surface area (Å²) in [5.74, 6) is 0.880. The van der Waals surface area contributed by atoms with Crippen LogP contribution < -0.4 is 5.32 Å². The van der Waals surface area contributed by atoms with Crippen molar-refractivity contribution in [3.8, 4) is 0 Å². The van der Waals surface area contributed by atoms with Gasteiger partial charge < -0.3 is 5.32 Å². The average Bonchev–Trinajstić information content (AvgIpc) is 2.67. The maximum atomic E-state index is 12.8. The van der Waals surface area contributed by atoms with E-state index in [1.165, 1.54) is 12.1 Å². The Bertz CT molecular complexity index is 402. The maximum Gasteiger partial charge on any atom is 0.157 e. The fourth-order valence-electron chi connectivity index (χ4n) is 1.79. The third-order valence-corrected chi connectivity index (χ3v) is 3.77. The fraction of sp³-hybridized carbons (Fsp3) is 0.462. The molecule has 0 saturated heterocycles. The molecular formula is C13H17FN2S. The normalized spacial score (nSPS) is 21.1. The molecule has 2 atom stereocenters. The lowest BCUT2D eigenvalue weighted by atomic mass is 10.1. The van der Waals surface area contributed by atoms with Gasteiger partial charge in [-0.15, -0.1) is 0 Å². The second-order valence-corrected chi connectivity index (χ2v) is 5.48. The van der Waals surface area contributed by atoms with E-state index in [9.17, 15) is 4.39 Å². The van der Waals surface area contributed by atoms with Crippen molar-refractivity contribution in [3.63, 3.8) is 0 Å². The van der Waals surface area contributed by atoms with Crippen LogP contribution in [0, 0.1) is 5.82 Å². The summed E-state index contributed by atoms with van der Waals surface area (Å²) in [5.41, 5.74) is 1.14. The van der Waals surface area contributed by atoms with Gasteiger partial charge in [0.05, 0.1) is 6.04 Å². The minimum atomic E-state index is -0.182. The number of hydrogen-bond acceptors (Lipinski definition) is 3. The van der Waals surface area contributed by atoms with Gasteiger partial charge in [0.2, 0.25) is 0 Å². The molecule has 2 nitrogen and oxygen atoms in total. The molecule has 1 aromatic rings. The highest BCUT2D eigenvalue weighted by atomic mass is 32.2. The van der Waals surface area contributed by atoms with Gasteiger partial charge in [-0.2, -0.15) is 0 Å². The van der Waals surface area contributed by atoms with Crippen molar-refractivity contribution in [2.24, 2.45) is 4.99 Å². The molecule has 1 heterocycles. The first-order valence-electron chi connectivity index (χ1n) is 5.85. The van der Waals surface area contributed by atoms with Gasteiger partial charge in [0.25, 0.3) is 0 Å². The van der Waals surface area contributed by atoms with Gasteiger partial charge >= 0.3 is 0 Å². The van der Waals surface area contributed by atoms with E-state index in [0.29, 0.717) is 12.1 Å². The van der Waals surface area contributed by atoms with E-state index in [-0.39, 0.29) is 5.82 Å². The first-order chi connectivity index (χ1) is 8.13. The van der Waals surface area contributed by atoms with Gasteiger partial charge in [-0.3, -0.25) is 4.99 Å². The van der Waals surface area contributed by atoms with Crippen molar-refractivity contribution < 1.29 is 4.39 Å². The van der Waals surface area contributed by atoms with Gasteiger partial charge in [-0.05, 0) is 38.0 Å². The van der Waals surface area contributed by atoms with Gasteiger partial charge in [-0.25, -0.2) is 4.39 Å². The third kappa shape index (κ3) is 3.73. The summed E-state index contributed by atoms with van der Waals surface area (Å²) in [5, 5.41) is 4.43. The molecule has 2 rings (SSSR count). The lowest BCUT2D eigenvalue weighted by Crippen LogP contribution is -2.31. The maximum absolute atomic E-state index is 12.8. The van der Waals surface area contributed by atoms with E-state index < -0.39 is 0 Å². The Balaban J connectivity index is 1.87. The van der Waals surface area contributed by atoms with Gasteiger partial charge in [0.1, 0.15) is 5.82 Å². The SMILES string of the molecule is CC1CSC(NC(C)Cc2ccc(F)cc2)=N1. The van der Waals surface area contributed by atoms with Crippen molar-refractivity contribution in [3.05, 3.63) is 35.6 Å².